The quantitative estimate of drug-likeness (QED) is 0.633. The first-order valence-corrected chi connectivity index (χ1v) is 7.95. The van der Waals surface area contributed by atoms with Gasteiger partial charge in [0.1, 0.15) is 0 Å². The Kier molecular flexibility index (Phi) is 6.18. The molecule has 0 aromatic rings. The number of nitrogens with one attached hydrogen (secondary N) is 1. The second kappa shape index (κ2) is 7.18. The van der Waals surface area contributed by atoms with Gasteiger partial charge in [0.05, 0.1) is 6.54 Å². The third-order valence-corrected chi connectivity index (χ3v) is 5.02. The van der Waals surface area contributed by atoms with Crippen molar-refractivity contribution in [2.75, 3.05) is 53.4 Å². The summed E-state index contributed by atoms with van der Waals surface area (Å²) in [4.78, 5) is 13.6. The van der Waals surface area contributed by atoms with Crippen LogP contribution in [0.5, 0.6) is 0 Å². The van der Waals surface area contributed by atoms with Crippen LogP contribution in [0.1, 0.15) is 13.3 Å². The smallest absolute Gasteiger partial charge is 0.281 e. The average molecular weight is 292 g/mol. The summed E-state index contributed by atoms with van der Waals surface area (Å²) < 4.78 is 26.4. The van der Waals surface area contributed by atoms with E-state index in [4.69, 9.17) is 0 Å². The maximum absolute atomic E-state index is 11.9. The maximum Gasteiger partial charge on any atom is 0.281 e. The van der Waals surface area contributed by atoms with Gasteiger partial charge in [-0.2, -0.15) is 17.0 Å². The number of carbonyl (C=O) groups excluding carboxylic acids is 1. The summed E-state index contributed by atoms with van der Waals surface area (Å²) in [6.45, 7) is 4.83. The van der Waals surface area contributed by atoms with E-state index in [0.717, 1.165) is 13.0 Å². The van der Waals surface area contributed by atoms with Crippen molar-refractivity contribution in [1.82, 2.24) is 18.8 Å². The average Bonchev–Trinajstić information content (AvgIpc) is 2.39. The predicted molar refractivity (Wildman–Crippen MR) is 73.9 cm³/mol. The van der Waals surface area contributed by atoms with Crippen LogP contribution in [-0.4, -0.2) is 81.2 Å². The monoisotopic (exact) mass is 292 g/mol. The van der Waals surface area contributed by atoms with E-state index in [0.29, 0.717) is 32.7 Å². The highest BCUT2D eigenvalue weighted by Gasteiger charge is 2.29. The number of nitrogens with zero attached hydrogens (tertiary/aromatic N) is 3. The van der Waals surface area contributed by atoms with Gasteiger partial charge in [0, 0.05) is 40.3 Å². The standard InChI is InChI=1S/C11H24N4O3S/c1-4-5-12-10-11(16)14-6-8-15(9-7-14)19(17,18)13(2)3/h12H,4-10H2,1-3H3. The van der Waals surface area contributed by atoms with Crippen molar-refractivity contribution in [3.63, 3.8) is 0 Å². The highest BCUT2D eigenvalue weighted by atomic mass is 32.2. The first kappa shape index (κ1) is 16.4. The molecule has 0 saturated carbocycles. The third kappa shape index (κ3) is 4.41. The fraction of sp³-hybridized carbons (Fsp3) is 0.909. The topological polar surface area (TPSA) is 73.0 Å². The van der Waals surface area contributed by atoms with Crippen molar-refractivity contribution >= 4 is 16.1 Å². The molecule has 0 radical (unpaired) electrons. The lowest BCUT2D eigenvalue weighted by atomic mass is 10.3. The van der Waals surface area contributed by atoms with Gasteiger partial charge in [0.15, 0.2) is 0 Å². The zero-order valence-corrected chi connectivity index (χ0v) is 12.7. The summed E-state index contributed by atoms with van der Waals surface area (Å²) in [7, 11) is -0.326. The van der Waals surface area contributed by atoms with Crippen molar-refractivity contribution in [1.29, 1.82) is 0 Å². The molecule has 0 aromatic heterocycles. The van der Waals surface area contributed by atoms with Crippen molar-refractivity contribution < 1.29 is 13.2 Å². The lowest BCUT2D eigenvalue weighted by Gasteiger charge is -2.35. The van der Waals surface area contributed by atoms with E-state index in [9.17, 15) is 13.2 Å². The number of hydrogen-bond acceptors (Lipinski definition) is 4. The largest absolute Gasteiger partial charge is 0.339 e. The van der Waals surface area contributed by atoms with Gasteiger partial charge in [-0.3, -0.25) is 4.79 Å². The zero-order valence-electron chi connectivity index (χ0n) is 11.9. The van der Waals surface area contributed by atoms with Gasteiger partial charge < -0.3 is 10.2 Å². The molecule has 112 valence electrons. The number of rotatable bonds is 6. The second-order valence-electron chi connectivity index (χ2n) is 4.75. The summed E-state index contributed by atoms with van der Waals surface area (Å²) in [5, 5.41) is 3.06. The fourth-order valence-corrected chi connectivity index (χ4v) is 2.97. The van der Waals surface area contributed by atoms with Gasteiger partial charge >= 0.3 is 0 Å². The lowest BCUT2D eigenvalue weighted by Crippen LogP contribution is -2.54. The molecule has 1 aliphatic heterocycles. The molecule has 1 heterocycles. The summed E-state index contributed by atoms with van der Waals surface area (Å²) in [5.74, 6) is 0.0374. The fourth-order valence-electron chi connectivity index (χ4n) is 1.88. The molecule has 1 aliphatic rings. The Morgan fingerprint density at radius 1 is 1.21 bits per heavy atom. The molecule has 0 atom stereocenters. The number of hydrogen-bond donors (Lipinski definition) is 1. The summed E-state index contributed by atoms with van der Waals surface area (Å²) in [6.07, 6.45) is 0.988. The van der Waals surface area contributed by atoms with E-state index >= 15 is 0 Å². The van der Waals surface area contributed by atoms with Crippen LogP contribution >= 0.6 is 0 Å². The molecule has 0 aliphatic carbocycles. The van der Waals surface area contributed by atoms with Crippen LogP contribution in [0, 0.1) is 0 Å². The van der Waals surface area contributed by atoms with Crippen molar-refractivity contribution in [2.24, 2.45) is 0 Å². The van der Waals surface area contributed by atoms with Crippen molar-refractivity contribution in [3.8, 4) is 0 Å². The maximum atomic E-state index is 11.9. The Bertz CT molecular complexity index is 389. The molecule has 1 amide bonds. The normalized spacial score (nSPS) is 18.0. The first-order valence-electron chi connectivity index (χ1n) is 6.55. The van der Waals surface area contributed by atoms with E-state index in [-0.39, 0.29) is 5.91 Å². The van der Waals surface area contributed by atoms with Crippen molar-refractivity contribution in [2.45, 2.75) is 13.3 Å². The van der Waals surface area contributed by atoms with Gasteiger partial charge in [-0.05, 0) is 13.0 Å². The van der Waals surface area contributed by atoms with Gasteiger partial charge in [-0.25, -0.2) is 0 Å². The second-order valence-corrected chi connectivity index (χ2v) is 6.89. The Morgan fingerprint density at radius 2 is 1.79 bits per heavy atom. The Balaban J connectivity index is 2.43. The van der Waals surface area contributed by atoms with Crippen molar-refractivity contribution in [3.05, 3.63) is 0 Å². The van der Waals surface area contributed by atoms with Crippen LogP contribution < -0.4 is 5.32 Å². The molecule has 1 saturated heterocycles. The van der Waals surface area contributed by atoms with E-state index in [1.54, 1.807) is 4.90 Å². The number of amides is 1. The minimum absolute atomic E-state index is 0.0374. The lowest BCUT2D eigenvalue weighted by molar-refractivity contribution is -0.131. The van der Waals surface area contributed by atoms with E-state index < -0.39 is 10.2 Å². The van der Waals surface area contributed by atoms with Crippen LogP contribution in [0.2, 0.25) is 0 Å². The van der Waals surface area contributed by atoms with E-state index in [1.807, 2.05) is 6.92 Å². The van der Waals surface area contributed by atoms with Crippen LogP contribution in [0.25, 0.3) is 0 Å². The van der Waals surface area contributed by atoms with Crippen LogP contribution in [-0.2, 0) is 15.0 Å². The molecule has 1 rings (SSSR count). The Morgan fingerprint density at radius 3 is 2.26 bits per heavy atom. The minimum Gasteiger partial charge on any atom is -0.339 e. The molecule has 0 spiro atoms. The number of piperazine rings is 1. The molecule has 0 bridgehead atoms. The molecular formula is C11H24N4O3S. The first-order chi connectivity index (χ1) is 8.89. The zero-order chi connectivity index (χ0) is 14.5. The summed E-state index contributed by atoms with van der Waals surface area (Å²) in [5.41, 5.74) is 0. The SMILES string of the molecule is CCCNCC(=O)N1CCN(S(=O)(=O)N(C)C)CC1. The Hall–Kier alpha value is -0.700. The third-order valence-electron chi connectivity index (χ3n) is 3.08. The predicted octanol–water partition coefficient (Wildman–Crippen LogP) is -1.06. The highest BCUT2D eigenvalue weighted by molar-refractivity contribution is 7.86. The molecular weight excluding hydrogens is 268 g/mol. The van der Waals surface area contributed by atoms with E-state index in [2.05, 4.69) is 5.32 Å². The molecule has 0 unspecified atom stereocenters. The molecule has 0 aromatic carbocycles. The van der Waals surface area contributed by atoms with Crippen LogP contribution in [0.4, 0.5) is 0 Å². The highest BCUT2D eigenvalue weighted by Crippen LogP contribution is 2.09. The van der Waals surface area contributed by atoms with Gasteiger partial charge in [0.25, 0.3) is 10.2 Å². The molecule has 8 heteroatoms. The number of carbonyl (C=O) groups is 1. The van der Waals surface area contributed by atoms with Gasteiger partial charge in [-0.15, -0.1) is 0 Å². The van der Waals surface area contributed by atoms with Gasteiger partial charge in [-0.1, -0.05) is 6.92 Å². The molecule has 1 fully saturated rings. The molecule has 19 heavy (non-hydrogen) atoms. The molecule has 7 nitrogen and oxygen atoms in total. The Labute approximate surface area is 115 Å². The van der Waals surface area contributed by atoms with E-state index in [1.165, 1.54) is 22.7 Å². The van der Waals surface area contributed by atoms with Crippen LogP contribution in [0.3, 0.4) is 0 Å². The minimum atomic E-state index is -3.36. The van der Waals surface area contributed by atoms with Gasteiger partial charge in [0.2, 0.25) is 5.91 Å². The van der Waals surface area contributed by atoms with Crippen LogP contribution in [0.15, 0.2) is 0 Å². The summed E-state index contributed by atoms with van der Waals surface area (Å²) >= 11 is 0. The summed E-state index contributed by atoms with van der Waals surface area (Å²) in [6, 6.07) is 0. The molecule has 1 N–H and O–H groups in total.